The number of hydrogen-bond acceptors (Lipinski definition) is 4. The third-order valence-electron chi connectivity index (χ3n) is 2.90. The van der Waals surface area contributed by atoms with Crippen molar-refractivity contribution in [3.8, 4) is 0 Å². The summed E-state index contributed by atoms with van der Waals surface area (Å²) in [5.74, 6) is 1.46. The Bertz CT molecular complexity index is 715. The highest BCUT2D eigenvalue weighted by atomic mass is 79.9. The van der Waals surface area contributed by atoms with Gasteiger partial charge in [0.25, 0.3) is 5.22 Å². The summed E-state index contributed by atoms with van der Waals surface area (Å²) < 4.78 is 6.75. The van der Waals surface area contributed by atoms with Crippen LogP contribution in [0.1, 0.15) is 17.0 Å². The van der Waals surface area contributed by atoms with Gasteiger partial charge in [-0.05, 0) is 23.3 Å². The van der Waals surface area contributed by atoms with Crippen molar-refractivity contribution in [3.05, 3.63) is 76.1 Å². The van der Waals surface area contributed by atoms with Crippen LogP contribution in [0.2, 0.25) is 0 Å². The van der Waals surface area contributed by atoms with E-state index in [1.807, 2.05) is 30.3 Å². The van der Waals surface area contributed by atoms with Crippen molar-refractivity contribution in [2.45, 2.75) is 17.4 Å². The Labute approximate surface area is 135 Å². The van der Waals surface area contributed by atoms with Gasteiger partial charge in [-0.2, -0.15) is 0 Å². The SMILES string of the molecule is Brc1cccc(CSc2nnc(Cc3ccccc3)o2)c1. The molecule has 106 valence electrons. The van der Waals surface area contributed by atoms with Crippen LogP contribution in [0.15, 0.2) is 68.7 Å². The van der Waals surface area contributed by atoms with Crippen LogP contribution in [-0.4, -0.2) is 10.2 Å². The second kappa shape index (κ2) is 6.91. The summed E-state index contributed by atoms with van der Waals surface area (Å²) in [6.45, 7) is 0. The average Bonchev–Trinajstić information content (AvgIpc) is 2.94. The molecule has 0 spiro atoms. The Morgan fingerprint density at radius 3 is 2.57 bits per heavy atom. The van der Waals surface area contributed by atoms with Crippen LogP contribution < -0.4 is 0 Å². The van der Waals surface area contributed by atoms with Crippen molar-refractivity contribution in [3.63, 3.8) is 0 Å². The van der Waals surface area contributed by atoms with Crippen LogP contribution in [0.25, 0.3) is 0 Å². The Morgan fingerprint density at radius 2 is 1.76 bits per heavy atom. The number of hydrogen-bond donors (Lipinski definition) is 0. The summed E-state index contributed by atoms with van der Waals surface area (Å²) in [4.78, 5) is 0. The third-order valence-corrected chi connectivity index (χ3v) is 4.28. The van der Waals surface area contributed by atoms with E-state index in [0.29, 0.717) is 17.5 Å². The molecule has 5 heteroatoms. The monoisotopic (exact) mass is 360 g/mol. The van der Waals surface area contributed by atoms with E-state index in [1.165, 1.54) is 11.1 Å². The molecule has 0 radical (unpaired) electrons. The highest BCUT2D eigenvalue weighted by Crippen LogP contribution is 2.23. The quantitative estimate of drug-likeness (QED) is 0.617. The van der Waals surface area contributed by atoms with E-state index in [0.717, 1.165) is 10.2 Å². The minimum Gasteiger partial charge on any atom is -0.416 e. The zero-order valence-electron chi connectivity index (χ0n) is 11.2. The first-order chi connectivity index (χ1) is 10.3. The molecule has 3 rings (SSSR count). The number of rotatable bonds is 5. The summed E-state index contributed by atoms with van der Waals surface area (Å²) in [6.07, 6.45) is 0.672. The molecule has 1 aromatic heterocycles. The zero-order chi connectivity index (χ0) is 14.5. The maximum absolute atomic E-state index is 5.67. The largest absolute Gasteiger partial charge is 0.416 e. The summed E-state index contributed by atoms with van der Waals surface area (Å²) in [5, 5.41) is 8.79. The molecule has 0 bridgehead atoms. The first kappa shape index (κ1) is 14.4. The van der Waals surface area contributed by atoms with Crippen LogP contribution in [0.4, 0.5) is 0 Å². The van der Waals surface area contributed by atoms with Gasteiger partial charge in [-0.3, -0.25) is 0 Å². The smallest absolute Gasteiger partial charge is 0.276 e. The van der Waals surface area contributed by atoms with Crippen LogP contribution in [0.5, 0.6) is 0 Å². The fourth-order valence-electron chi connectivity index (χ4n) is 1.91. The van der Waals surface area contributed by atoms with Crippen LogP contribution in [0.3, 0.4) is 0 Å². The Hall–Kier alpha value is -1.59. The van der Waals surface area contributed by atoms with Crippen LogP contribution >= 0.6 is 27.7 Å². The Balaban J connectivity index is 1.60. The molecule has 0 saturated heterocycles. The summed E-state index contributed by atoms with van der Waals surface area (Å²) in [6, 6.07) is 18.3. The highest BCUT2D eigenvalue weighted by molar-refractivity contribution is 9.10. The minimum absolute atomic E-state index is 0.612. The van der Waals surface area contributed by atoms with Crippen molar-refractivity contribution >= 4 is 27.7 Å². The molecule has 0 fully saturated rings. The molecule has 0 saturated carbocycles. The lowest BCUT2D eigenvalue weighted by Crippen LogP contribution is -1.87. The van der Waals surface area contributed by atoms with Crippen molar-refractivity contribution in [1.82, 2.24) is 10.2 Å². The predicted octanol–water partition coefficient (Wildman–Crippen LogP) is 4.72. The molecule has 0 aliphatic rings. The van der Waals surface area contributed by atoms with Gasteiger partial charge < -0.3 is 4.42 Å². The van der Waals surface area contributed by atoms with Gasteiger partial charge in [0.15, 0.2) is 0 Å². The summed E-state index contributed by atoms with van der Waals surface area (Å²) >= 11 is 5.02. The number of benzene rings is 2. The molecular formula is C16H13BrN2OS. The molecule has 21 heavy (non-hydrogen) atoms. The number of aromatic nitrogens is 2. The van der Waals surface area contributed by atoms with Gasteiger partial charge >= 0.3 is 0 Å². The van der Waals surface area contributed by atoms with E-state index in [4.69, 9.17) is 4.42 Å². The molecule has 2 aromatic carbocycles. The molecule has 0 amide bonds. The lowest BCUT2D eigenvalue weighted by atomic mass is 10.2. The van der Waals surface area contributed by atoms with Crippen molar-refractivity contribution in [2.24, 2.45) is 0 Å². The molecule has 0 aliphatic heterocycles. The highest BCUT2D eigenvalue weighted by Gasteiger charge is 2.07. The second-order valence-corrected chi connectivity index (χ2v) is 6.38. The average molecular weight is 361 g/mol. The van der Waals surface area contributed by atoms with Gasteiger partial charge in [0.05, 0.1) is 6.42 Å². The zero-order valence-corrected chi connectivity index (χ0v) is 13.6. The molecule has 3 nitrogen and oxygen atoms in total. The maximum Gasteiger partial charge on any atom is 0.276 e. The number of halogens is 1. The first-order valence-electron chi connectivity index (χ1n) is 6.53. The standard InChI is InChI=1S/C16H13BrN2OS/c17-14-8-4-7-13(9-14)11-21-16-19-18-15(20-16)10-12-5-2-1-3-6-12/h1-9H,10-11H2. The van der Waals surface area contributed by atoms with Gasteiger partial charge in [0.2, 0.25) is 5.89 Å². The number of thioether (sulfide) groups is 1. The molecule has 0 atom stereocenters. The molecular weight excluding hydrogens is 348 g/mol. The molecule has 0 unspecified atom stereocenters. The van der Waals surface area contributed by atoms with E-state index < -0.39 is 0 Å². The summed E-state index contributed by atoms with van der Waals surface area (Å²) in [5.41, 5.74) is 2.39. The van der Waals surface area contributed by atoms with Crippen molar-refractivity contribution < 1.29 is 4.42 Å². The maximum atomic E-state index is 5.67. The third kappa shape index (κ3) is 4.19. The number of nitrogens with zero attached hydrogens (tertiary/aromatic N) is 2. The topological polar surface area (TPSA) is 38.9 Å². The normalized spacial score (nSPS) is 10.7. The van der Waals surface area contributed by atoms with Crippen molar-refractivity contribution in [2.75, 3.05) is 0 Å². The van der Waals surface area contributed by atoms with Gasteiger partial charge in [-0.1, -0.05) is 70.2 Å². The van der Waals surface area contributed by atoms with E-state index in [-0.39, 0.29) is 0 Å². The van der Waals surface area contributed by atoms with Gasteiger partial charge in [0, 0.05) is 10.2 Å². The molecule has 0 aliphatic carbocycles. The van der Waals surface area contributed by atoms with E-state index in [1.54, 1.807) is 11.8 Å². The second-order valence-electron chi connectivity index (χ2n) is 4.54. The van der Waals surface area contributed by atoms with Gasteiger partial charge in [-0.25, -0.2) is 0 Å². The summed E-state index contributed by atoms with van der Waals surface area (Å²) in [7, 11) is 0. The van der Waals surface area contributed by atoms with Gasteiger partial charge in [-0.15, -0.1) is 10.2 Å². The van der Waals surface area contributed by atoms with Crippen molar-refractivity contribution in [1.29, 1.82) is 0 Å². The fourth-order valence-corrected chi connectivity index (χ4v) is 3.08. The molecule has 1 heterocycles. The molecule has 3 aromatic rings. The van der Waals surface area contributed by atoms with E-state index >= 15 is 0 Å². The minimum atomic E-state index is 0.612. The predicted molar refractivity (Wildman–Crippen MR) is 87.2 cm³/mol. The van der Waals surface area contributed by atoms with E-state index in [9.17, 15) is 0 Å². The van der Waals surface area contributed by atoms with Gasteiger partial charge in [0.1, 0.15) is 0 Å². The lowest BCUT2D eigenvalue weighted by Gasteiger charge is -1.98. The first-order valence-corrected chi connectivity index (χ1v) is 8.31. The fraction of sp³-hybridized carbons (Fsp3) is 0.125. The van der Waals surface area contributed by atoms with E-state index in [2.05, 4.69) is 50.4 Å². The van der Waals surface area contributed by atoms with Crippen LogP contribution in [0, 0.1) is 0 Å². The lowest BCUT2D eigenvalue weighted by molar-refractivity contribution is 0.420. The molecule has 0 N–H and O–H groups in total. The van der Waals surface area contributed by atoms with Crippen LogP contribution in [-0.2, 0) is 12.2 Å². The Kier molecular flexibility index (Phi) is 4.72. The Morgan fingerprint density at radius 1 is 0.952 bits per heavy atom.